The van der Waals surface area contributed by atoms with Crippen molar-refractivity contribution in [1.29, 1.82) is 0 Å². The summed E-state index contributed by atoms with van der Waals surface area (Å²) in [5.74, 6) is 1.04. The Balaban J connectivity index is 1.61. The number of aromatic amines is 1. The monoisotopic (exact) mass is 506 g/mol. The summed E-state index contributed by atoms with van der Waals surface area (Å²) in [7, 11) is 0. The molecule has 0 bridgehead atoms. The lowest BCUT2D eigenvalue weighted by Gasteiger charge is -2.19. The molecule has 4 rings (SSSR count). The molecule has 0 saturated heterocycles. The fourth-order valence-corrected chi connectivity index (χ4v) is 4.84. The predicted molar refractivity (Wildman–Crippen MR) is 162 cm³/mol. The zero-order valence-corrected chi connectivity index (χ0v) is 25.0. The van der Waals surface area contributed by atoms with Gasteiger partial charge in [0.25, 0.3) is 0 Å². The molecule has 200 valence electrons. The average Bonchev–Trinajstić information content (AvgIpc) is 3.18. The standard InChI is InChI=1S/C36H46N2/c1-34(2,3)28-16-10-25(11-17-28)22-31-32(23-26-12-18-29(19-13-26)35(4,5)6)38-33(37-31)24-27-14-20-30(21-15-27)36(7,8)9/h10-21H,22-24H2,1-9H3,(H,37,38). The van der Waals surface area contributed by atoms with Gasteiger partial charge in [-0.1, -0.05) is 135 Å². The number of benzene rings is 3. The Morgan fingerprint density at radius 3 is 1.18 bits per heavy atom. The maximum Gasteiger partial charge on any atom is 0.111 e. The Kier molecular flexibility index (Phi) is 7.75. The van der Waals surface area contributed by atoms with E-state index in [-0.39, 0.29) is 16.2 Å². The summed E-state index contributed by atoms with van der Waals surface area (Å²) in [5, 5.41) is 0. The van der Waals surface area contributed by atoms with E-state index < -0.39 is 0 Å². The lowest BCUT2D eigenvalue weighted by atomic mass is 9.86. The first-order chi connectivity index (χ1) is 17.7. The summed E-state index contributed by atoms with van der Waals surface area (Å²) in [5.41, 5.74) is 10.8. The van der Waals surface area contributed by atoms with Gasteiger partial charge in [0.15, 0.2) is 0 Å². The molecule has 0 spiro atoms. The fraction of sp³-hybridized carbons (Fsp3) is 0.417. The van der Waals surface area contributed by atoms with Crippen molar-refractivity contribution >= 4 is 0 Å². The molecule has 4 aromatic rings. The molecule has 0 atom stereocenters. The van der Waals surface area contributed by atoms with Crippen molar-refractivity contribution in [1.82, 2.24) is 9.97 Å². The minimum absolute atomic E-state index is 0.158. The van der Waals surface area contributed by atoms with E-state index in [1.807, 2.05) is 0 Å². The number of hydrogen-bond acceptors (Lipinski definition) is 1. The average molecular weight is 507 g/mol. The topological polar surface area (TPSA) is 28.7 Å². The Labute approximate surface area is 231 Å². The molecule has 1 aromatic heterocycles. The van der Waals surface area contributed by atoms with Crippen LogP contribution in [-0.2, 0) is 35.5 Å². The third-order valence-corrected chi connectivity index (χ3v) is 7.50. The van der Waals surface area contributed by atoms with Gasteiger partial charge in [-0.2, -0.15) is 0 Å². The van der Waals surface area contributed by atoms with Gasteiger partial charge in [-0.3, -0.25) is 0 Å². The van der Waals surface area contributed by atoms with Crippen LogP contribution in [0.5, 0.6) is 0 Å². The summed E-state index contributed by atoms with van der Waals surface area (Å²) in [6.45, 7) is 20.4. The van der Waals surface area contributed by atoms with Gasteiger partial charge in [-0.15, -0.1) is 0 Å². The smallest absolute Gasteiger partial charge is 0.111 e. The van der Waals surface area contributed by atoms with E-state index in [2.05, 4.69) is 140 Å². The Hall–Kier alpha value is -3.13. The first-order valence-electron chi connectivity index (χ1n) is 14.0. The molecule has 2 nitrogen and oxygen atoms in total. The van der Waals surface area contributed by atoms with Crippen LogP contribution in [0.1, 0.15) is 113 Å². The first kappa shape index (κ1) is 27.9. The molecule has 0 amide bonds. The van der Waals surface area contributed by atoms with Crippen molar-refractivity contribution in [2.24, 2.45) is 0 Å². The minimum atomic E-state index is 0.158. The molecule has 2 heteroatoms. The molecule has 0 aliphatic carbocycles. The molecule has 0 aliphatic heterocycles. The number of aromatic nitrogens is 2. The molecule has 0 fully saturated rings. The van der Waals surface area contributed by atoms with Gasteiger partial charge in [0, 0.05) is 25.0 Å². The first-order valence-corrected chi connectivity index (χ1v) is 14.0. The molecule has 0 saturated carbocycles. The second-order valence-corrected chi connectivity index (χ2v) is 14.0. The molecular weight excluding hydrogens is 460 g/mol. The van der Waals surface area contributed by atoms with Crippen molar-refractivity contribution < 1.29 is 0 Å². The molecule has 0 aliphatic rings. The Bertz CT molecular complexity index is 1260. The van der Waals surface area contributed by atoms with Crippen molar-refractivity contribution in [2.45, 2.75) is 97.8 Å². The summed E-state index contributed by atoms with van der Waals surface area (Å²) < 4.78 is 0. The van der Waals surface area contributed by atoms with E-state index in [4.69, 9.17) is 4.98 Å². The summed E-state index contributed by atoms with van der Waals surface area (Å²) >= 11 is 0. The second-order valence-electron chi connectivity index (χ2n) is 14.0. The van der Waals surface area contributed by atoms with Crippen LogP contribution < -0.4 is 0 Å². The fourth-order valence-electron chi connectivity index (χ4n) is 4.84. The number of nitrogens with one attached hydrogen (secondary N) is 1. The van der Waals surface area contributed by atoms with Crippen LogP contribution in [0.15, 0.2) is 72.8 Å². The third-order valence-electron chi connectivity index (χ3n) is 7.50. The predicted octanol–water partition coefficient (Wildman–Crippen LogP) is 9.07. The number of imidazole rings is 1. The summed E-state index contributed by atoms with van der Waals surface area (Å²) in [6.07, 6.45) is 2.50. The number of nitrogens with zero attached hydrogens (tertiary/aromatic N) is 1. The largest absolute Gasteiger partial charge is 0.345 e. The van der Waals surface area contributed by atoms with Gasteiger partial charge in [-0.25, -0.2) is 4.98 Å². The van der Waals surface area contributed by atoms with Crippen LogP contribution >= 0.6 is 0 Å². The number of rotatable bonds is 6. The third kappa shape index (κ3) is 7.04. The van der Waals surface area contributed by atoms with Crippen LogP contribution in [-0.4, -0.2) is 9.97 Å². The van der Waals surface area contributed by atoms with Crippen LogP contribution in [0, 0.1) is 0 Å². The van der Waals surface area contributed by atoms with E-state index in [0.29, 0.717) is 0 Å². The highest BCUT2D eigenvalue weighted by atomic mass is 14.9. The van der Waals surface area contributed by atoms with E-state index in [9.17, 15) is 0 Å². The minimum Gasteiger partial charge on any atom is -0.345 e. The molecule has 1 N–H and O–H groups in total. The van der Waals surface area contributed by atoms with E-state index in [1.165, 1.54) is 39.1 Å². The molecule has 38 heavy (non-hydrogen) atoms. The van der Waals surface area contributed by atoms with Crippen LogP contribution in [0.4, 0.5) is 0 Å². The Morgan fingerprint density at radius 2 is 0.816 bits per heavy atom. The molecule has 1 heterocycles. The van der Waals surface area contributed by atoms with Gasteiger partial charge in [0.1, 0.15) is 5.82 Å². The lowest BCUT2D eigenvalue weighted by molar-refractivity contribution is 0.589. The van der Waals surface area contributed by atoms with Crippen LogP contribution in [0.2, 0.25) is 0 Å². The van der Waals surface area contributed by atoms with Gasteiger partial charge < -0.3 is 4.98 Å². The lowest BCUT2D eigenvalue weighted by Crippen LogP contribution is -2.11. The maximum atomic E-state index is 5.14. The number of H-pyrrole nitrogens is 1. The zero-order chi connectivity index (χ0) is 27.7. The van der Waals surface area contributed by atoms with Crippen molar-refractivity contribution in [3.63, 3.8) is 0 Å². The summed E-state index contributed by atoms with van der Waals surface area (Å²) in [6, 6.07) is 27.2. The highest BCUT2D eigenvalue weighted by Crippen LogP contribution is 2.26. The maximum absolute atomic E-state index is 5.14. The highest BCUT2D eigenvalue weighted by Gasteiger charge is 2.17. The number of hydrogen-bond donors (Lipinski definition) is 1. The van der Waals surface area contributed by atoms with Crippen LogP contribution in [0.3, 0.4) is 0 Å². The SMILES string of the molecule is CC(C)(C)c1ccc(Cc2nc(Cc3ccc(C(C)(C)C)cc3)c(Cc3ccc(C(C)(C)C)cc3)[nH]2)cc1. The molecular formula is C36H46N2. The Morgan fingerprint density at radius 1 is 0.474 bits per heavy atom. The van der Waals surface area contributed by atoms with E-state index in [1.54, 1.807) is 0 Å². The van der Waals surface area contributed by atoms with Crippen molar-refractivity contribution in [3.8, 4) is 0 Å². The second kappa shape index (κ2) is 10.6. The van der Waals surface area contributed by atoms with E-state index >= 15 is 0 Å². The molecule has 3 aromatic carbocycles. The van der Waals surface area contributed by atoms with Gasteiger partial charge in [0.05, 0.1) is 5.69 Å². The van der Waals surface area contributed by atoms with Crippen molar-refractivity contribution in [2.75, 3.05) is 0 Å². The quantitative estimate of drug-likeness (QED) is 0.277. The normalized spacial score (nSPS) is 12.7. The van der Waals surface area contributed by atoms with Crippen LogP contribution in [0.25, 0.3) is 0 Å². The van der Waals surface area contributed by atoms with Gasteiger partial charge >= 0.3 is 0 Å². The van der Waals surface area contributed by atoms with Gasteiger partial charge in [0.2, 0.25) is 0 Å². The molecule has 0 unspecified atom stereocenters. The van der Waals surface area contributed by atoms with Crippen molar-refractivity contribution in [3.05, 3.63) is 123 Å². The van der Waals surface area contributed by atoms with E-state index in [0.717, 1.165) is 30.8 Å². The zero-order valence-electron chi connectivity index (χ0n) is 25.0. The molecule has 0 radical (unpaired) electrons. The highest BCUT2D eigenvalue weighted by molar-refractivity contribution is 5.36. The van der Waals surface area contributed by atoms with Gasteiger partial charge in [-0.05, 0) is 49.6 Å². The summed E-state index contributed by atoms with van der Waals surface area (Å²) in [4.78, 5) is 8.85.